The molecule has 0 bridgehead atoms. The van der Waals surface area contributed by atoms with Gasteiger partial charge in [0, 0.05) is 12.6 Å². The first-order valence-corrected chi connectivity index (χ1v) is 7.22. The van der Waals surface area contributed by atoms with E-state index in [-0.39, 0.29) is 25.3 Å². The highest BCUT2D eigenvalue weighted by molar-refractivity contribution is 5.77. The van der Waals surface area contributed by atoms with Crippen molar-refractivity contribution < 1.29 is 19.4 Å². The summed E-state index contributed by atoms with van der Waals surface area (Å²) >= 11 is 0. The number of carboxylic acid groups (broad SMARTS) is 1. The van der Waals surface area contributed by atoms with Crippen molar-refractivity contribution in [3.63, 3.8) is 0 Å². The predicted molar refractivity (Wildman–Crippen MR) is 72.5 cm³/mol. The Kier molecular flexibility index (Phi) is 5.19. The van der Waals surface area contributed by atoms with Gasteiger partial charge in [0.05, 0.1) is 19.3 Å². The minimum absolute atomic E-state index is 0.166. The number of urea groups is 1. The monoisotopic (exact) mass is 285 g/mol. The SMILES string of the molecule is CCN(C(=O)NC1COCC1C(=O)O)C1CCNCC1. The van der Waals surface area contributed by atoms with E-state index >= 15 is 0 Å². The molecule has 0 aromatic heterocycles. The van der Waals surface area contributed by atoms with Crippen molar-refractivity contribution in [1.29, 1.82) is 0 Å². The van der Waals surface area contributed by atoms with Gasteiger partial charge in [0.2, 0.25) is 0 Å². The molecule has 114 valence electrons. The lowest BCUT2D eigenvalue weighted by atomic mass is 10.0. The Balaban J connectivity index is 1.93. The van der Waals surface area contributed by atoms with E-state index in [1.807, 2.05) is 6.92 Å². The van der Waals surface area contributed by atoms with E-state index in [2.05, 4.69) is 10.6 Å². The summed E-state index contributed by atoms with van der Waals surface area (Å²) in [5.41, 5.74) is 0. The number of piperidine rings is 1. The van der Waals surface area contributed by atoms with Crippen LogP contribution in [0.3, 0.4) is 0 Å². The third-order valence-corrected chi connectivity index (χ3v) is 4.06. The molecule has 7 heteroatoms. The normalized spacial score (nSPS) is 27.2. The van der Waals surface area contributed by atoms with Crippen LogP contribution in [0.2, 0.25) is 0 Å². The number of ether oxygens (including phenoxy) is 1. The van der Waals surface area contributed by atoms with Crippen LogP contribution in [0.15, 0.2) is 0 Å². The molecule has 0 aliphatic carbocycles. The number of carbonyl (C=O) groups is 2. The highest BCUT2D eigenvalue weighted by Crippen LogP contribution is 2.16. The minimum atomic E-state index is -0.919. The minimum Gasteiger partial charge on any atom is -0.481 e. The van der Waals surface area contributed by atoms with Crippen LogP contribution in [0.5, 0.6) is 0 Å². The molecule has 20 heavy (non-hydrogen) atoms. The van der Waals surface area contributed by atoms with Crippen LogP contribution in [0.1, 0.15) is 19.8 Å². The van der Waals surface area contributed by atoms with Gasteiger partial charge in [-0.15, -0.1) is 0 Å². The van der Waals surface area contributed by atoms with Gasteiger partial charge in [-0.05, 0) is 32.9 Å². The Morgan fingerprint density at radius 3 is 2.65 bits per heavy atom. The molecule has 2 rings (SSSR count). The number of hydrogen-bond acceptors (Lipinski definition) is 4. The van der Waals surface area contributed by atoms with E-state index in [1.54, 1.807) is 4.90 Å². The smallest absolute Gasteiger partial charge is 0.317 e. The Labute approximate surface area is 118 Å². The number of nitrogens with one attached hydrogen (secondary N) is 2. The van der Waals surface area contributed by atoms with Gasteiger partial charge >= 0.3 is 12.0 Å². The fourth-order valence-corrected chi connectivity index (χ4v) is 2.87. The van der Waals surface area contributed by atoms with Gasteiger partial charge < -0.3 is 25.4 Å². The molecule has 7 nitrogen and oxygen atoms in total. The van der Waals surface area contributed by atoms with Gasteiger partial charge in [-0.1, -0.05) is 0 Å². The van der Waals surface area contributed by atoms with Gasteiger partial charge in [-0.25, -0.2) is 4.79 Å². The summed E-state index contributed by atoms with van der Waals surface area (Å²) in [6.07, 6.45) is 1.87. The first kappa shape index (κ1) is 15.1. The van der Waals surface area contributed by atoms with Crippen molar-refractivity contribution in [1.82, 2.24) is 15.5 Å². The van der Waals surface area contributed by atoms with Gasteiger partial charge in [-0.2, -0.15) is 0 Å². The second-order valence-corrected chi connectivity index (χ2v) is 5.31. The van der Waals surface area contributed by atoms with Gasteiger partial charge in [0.25, 0.3) is 0 Å². The number of hydrogen-bond donors (Lipinski definition) is 3. The third-order valence-electron chi connectivity index (χ3n) is 4.06. The maximum absolute atomic E-state index is 12.3. The number of rotatable bonds is 4. The lowest BCUT2D eigenvalue weighted by Gasteiger charge is -2.34. The van der Waals surface area contributed by atoms with E-state index in [0.717, 1.165) is 25.9 Å². The van der Waals surface area contributed by atoms with Gasteiger partial charge in [-0.3, -0.25) is 4.79 Å². The molecule has 2 unspecified atom stereocenters. The maximum Gasteiger partial charge on any atom is 0.317 e. The quantitative estimate of drug-likeness (QED) is 0.669. The molecule has 0 aromatic carbocycles. The van der Waals surface area contributed by atoms with E-state index in [1.165, 1.54) is 0 Å². The summed E-state index contributed by atoms with van der Waals surface area (Å²) in [4.78, 5) is 25.2. The lowest BCUT2D eigenvalue weighted by Crippen LogP contribution is -2.53. The highest BCUT2D eigenvalue weighted by Gasteiger charge is 2.36. The number of amides is 2. The Hall–Kier alpha value is -1.34. The van der Waals surface area contributed by atoms with Crippen molar-refractivity contribution in [2.24, 2.45) is 5.92 Å². The van der Waals surface area contributed by atoms with Crippen LogP contribution in [-0.2, 0) is 9.53 Å². The standard InChI is InChI=1S/C13H23N3O4/c1-2-16(9-3-5-14-6-4-9)13(19)15-11-8-20-7-10(11)12(17)18/h9-11,14H,2-8H2,1H3,(H,15,19)(H,17,18). The first-order valence-electron chi connectivity index (χ1n) is 7.22. The van der Waals surface area contributed by atoms with Crippen molar-refractivity contribution >= 4 is 12.0 Å². The molecular formula is C13H23N3O4. The molecule has 3 N–H and O–H groups in total. The average molecular weight is 285 g/mol. The predicted octanol–water partition coefficient (Wildman–Crippen LogP) is -0.130. The van der Waals surface area contributed by atoms with Crippen LogP contribution in [-0.4, -0.2) is 66.9 Å². The lowest BCUT2D eigenvalue weighted by molar-refractivity contribution is -0.142. The molecule has 0 saturated carbocycles. The van der Waals surface area contributed by atoms with Gasteiger partial charge in [0.1, 0.15) is 5.92 Å². The summed E-state index contributed by atoms with van der Waals surface area (Å²) in [6, 6.07) is -0.385. The van der Waals surface area contributed by atoms with E-state index in [4.69, 9.17) is 9.84 Å². The van der Waals surface area contributed by atoms with Crippen LogP contribution in [0.4, 0.5) is 4.79 Å². The highest BCUT2D eigenvalue weighted by atomic mass is 16.5. The Bertz CT molecular complexity index is 358. The topological polar surface area (TPSA) is 90.9 Å². The number of carbonyl (C=O) groups excluding carboxylic acids is 1. The van der Waals surface area contributed by atoms with Crippen LogP contribution in [0.25, 0.3) is 0 Å². The summed E-state index contributed by atoms with van der Waals surface area (Å²) in [5.74, 6) is -1.57. The fraction of sp³-hybridized carbons (Fsp3) is 0.846. The molecule has 2 saturated heterocycles. The van der Waals surface area contributed by atoms with E-state index in [0.29, 0.717) is 6.54 Å². The van der Waals surface area contributed by atoms with Crippen molar-refractivity contribution in [2.75, 3.05) is 32.8 Å². The fourth-order valence-electron chi connectivity index (χ4n) is 2.87. The molecule has 2 aliphatic heterocycles. The summed E-state index contributed by atoms with van der Waals surface area (Å²) in [7, 11) is 0. The van der Waals surface area contributed by atoms with Gasteiger partial charge in [0.15, 0.2) is 0 Å². The molecule has 2 aliphatic rings. The van der Waals surface area contributed by atoms with Crippen LogP contribution >= 0.6 is 0 Å². The average Bonchev–Trinajstić information content (AvgIpc) is 2.89. The van der Waals surface area contributed by atoms with E-state index < -0.39 is 17.9 Å². The first-order chi connectivity index (χ1) is 9.63. The number of carboxylic acids is 1. The van der Waals surface area contributed by atoms with Crippen LogP contribution < -0.4 is 10.6 Å². The molecule has 0 spiro atoms. The van der Waals surface area contributed by atoms with Crippen molar-refractivity contribution in [3.05, 3.63) is 0 Å². The Morgan fingerprint density at radius 2 is 2.05 bits per heavy atom. The number of aliphatic carboxylic acids is 1. The molecule has 0 aromatic rings. The van der Waals surface area contributed by atoms with Crippen molar-refractivity contribution in [2.45, 2.75) is 31.8 Å². The largest absolute Gasteiger partial charge is 0.481 e. The molecule has 0 radical (unpaired) electrons. The molecular weight excluding hydrogens is 262 g/mol. The molecule has 2 atom stereocenters. The maximum atomic E-state index is 12.3. The Morgan fingerprint density at radius 1 is 1.35 bits per heavy atom. The zero-order chi connectivity index (χ0) is 14.5. The molecule has 2 heterocycles. The third kappa shape index (κ3) is 3.40. The van der Waals surface area contributed by atoms with Crippen LogP contribution in [0, 0.1) is 5.92 Å². The summed E-state index contributed by atoms with van der Waals surface area (Å²) in [6.45, 7) is 4.84. The second-order valence-electron chi connectivity index (χ2n) is 5.31. The summed E-state index contributed by atoms with van der Waals surface area (Å²) < 4.78 is 5.17. The van der Waals surface area contributed by atoms with Crippen molar-refractivity contribution in [3.8, 4) is 0 Å². The summed E-state index contributed by atoms with van der Waals surface area (Å²) in [5, 5.41) is 15.2. The zero-order valence-electron chi connectivity index (χ0n) is 11.8. The molecule has 2 amide bonds. The number of nitrogens with zero attached hydrogens (tertiary/aromatic N) is 1. The zero-order valence-corrected chi connectivity index (χ0v) is 11.8. The van der Waals surface area contributed by atoms with E-state index in [9.17, 15) is 9.59 Å². The second kappa shape index (κ2) is 6.90. The molecule has 2 fully saturated rings.